The van der Waals surface area contributed by atoms with Crippen molar-refractivity contribution >= 4 is 5.97 Å². The van der Waals surface area contributed by atoms with E-state index in [-0.39, 0.29) is 6.29 Å². The highest BCUT2D eigenvalue weighted by molar-refractivity contribution is 5.86. The number of carboxylic acids is 1. The summed E-state index contributed by atoms with van der Waals surface area (Å²) in [5.74, 6) is -0.888. The number of aromatic carboxylic acids is 1. The van der Waals surface area contributed by atoms with Crippen molar-refractivity contribution in [2.45, 2.75) is 45.9 Å². The van der Waals surface area contributed by atoms with Crippen molar-refractivity contribution in [3.8, 4) is 0 Å². The summed E-state index contributed by atoms with van der Waals surface area (Å²) in [5, 5.41) is 9.29. The number of fused-ring (bicyclic) bond motifs is 1. The topological polar surface area (TPSA) is 60.7 Å². The number of rotatable bonds is 7. The highest BCUT2D eigenvalue weighted by atomic mass is 16.7. The van der Waals surface area contributed by atoms with E-state index in [1.807, 2.05) is 18.4 Å². The van der Waals surface area contributed by atoms with E-state index in [1.54, 1.807) is 6.07 Å². The van der Waals surface area contributed by atoms with Crippen LogP contribution in [0.1, 0.15) is 42.0 Å². The Morgan fingerprint density at radius 3 is 2.63 bits per heavy atom. The van der Waals surface area contributed by atoms with Crippen molar-refractivity contribution in [2.75, 3.05) is 13.2 Å². The van der Waals surface area contributed by atoms with Gasteiger partial charge in [-0.05, 0) is 44.7 Å². The second kappa shape index (κ2) is 6.21. The molecule has 0 bridgehead atoms. The maximum Gasteiger partial charge on any atom is 0.352 e. The molecule has 1 aliphatic rings. The monoisotopic (exact) mass is 267 g/mol. The summed E-state index contributed by atoms with van der Waals surface area (Å²) >= 11 is 0. The van der Waals surface area contributed by atoms with Crippen LogP contribution in [0.4, 0.5) is 0 Å². The molecule has 1 heterocycles. The van der Waals surface area contributed by atoms with Crippen LogP contribution in [0.5, 0.6) is 0 Å². The lowest BCUT2D eigenvalue weighted by Gasteiger charge is -2.20. The van der Waals surface area contributed by atoms with Gasteiger partial charge < -0.3 is 19.1 Å². The molecule has 5 nitrogen and oxygen atoms in total. The first-order valence-corrected chi connectivity index (χ1v) is 6.85. The Morgan fingerprint density at radius 1 is 1.37 bits per heavy atom. The normalized spacial score (nSPS) is 14.1. The fourth-order valence-electron chi connectivity index (χ4n) is 2.66. The number of carbonyl (C=O) groups is 1. The summed E-state index contributed by atoms with van der Waals surface area (Å²) in [6.07, 6.45) is 2.62. The first-order chi connectivity index (χ1) is 9.17. The second-order valence-electron chi connectivity index (χ2n) is 4.61. The number of hydrogen-bond acceptors (Lipinski definition) is 3. The molecule has 0 unspecified atom stereocenters. The molecule has 1 N–H and O–H groups in total. The van der Waals surface area contributed by atoms with Gasteiger partial charge in [-0.15, -0.1) is 0 Å². The molecule has 106 valence electrons. The number of aromatic nitrogens is 1. The molecule has 0 radical (unpaired) electrons. The molecule has 1 aromatic heterocycles. The highest BCUT2D eigenvalue weighted by Crippen LogP contribution is 2.26. The molecule has 0 saturated heterocycles. The van der Waals surface area contributed by atoms with E-state index < -0.39 is 5.97 Å². The zero-order valence-corrected chi connectivity index (χ0v) is 11.5. The van der Waals surface area contributed by atoms with Gasteiger partial charge in [-0.3, -0.25) is 0 Å². The van der Waals surface area contributed by atoms with Crippen LogP contribution in [-0.2, 0) is 28.9 Å². The van der Waals surface area contributed by atoms with Gasteiger partial charge in [0.25, 0.3) is 0 Å². The predicted molar refractivity (Wildman–Crippen MR) is 70.5 cm³/mol. The van der Waals surface area contributed by atoms with Crippen LogP contribution in [0.15, 0.2) is 6.07 Å². The summed E-state index contributed by atoms with van der Waals surface area (Å²) < 4.78 is 12.9. The average molecular weight is 267 g/mol. The average Bonchev–Trinajstić information content (AvgIpc) is 2.92. The molecule has 1 aromatic rings. The van der Waals surface area contributed by atoms with Gasteiger partial charge in [0.1, 0.15) is 5.69 Å². The molecule has 0 saturated carbocycles. The third-order valence-electron chi connectivity index (χ3n) is 3.41. The van der Waals surface area contributed by atoms with E-state index >= 15 is 0 Å². The lowest BCUT2D eigenvalue weighted by molar-refractivity contribution is -0.143. The van der Waals surface area contributed by atoms with Gasteiger partial charge in [-0.1, -0.05) is 0 Å². The molecule has 0 fully saturated rings. The van der Waals surface area contributed by atoms with E-state index in [2.05, 4.69) is 0 Å². The van der Waals surface area contributed by atoms with Crippen molar-refractivity contribution in [1.82, 2.24) is 4.57 Å². The summed E-state index contributed by atoms with van der Waals surface area (Å²) in [6, 6.07) is 1.79. The Bertz CT molecular complexity index is 447. The predicted octanol–water partition coefficient (Wildman–Crippen LogP) is 2.07. The van der Waals surface area contributed by atoms with Crippen molar-refractivity contribution in [3.63, 3.8) is 0 Å². The molecule has 0 aliphatic heterocycles. The van der Waals surface area contributed by atoms with E-state index in [9.17, 15) is 9.90 Å². The number of carboxylic acid groups (broad SMARTS) is 1. The zero-order chi connectivity index (χ0) is 13.8. The quantitative estimate of drug-likeness (QED) is 0.768. The second-order valence-corrected chi connectivity index (χ2v) is 4.61. The fourth-order valence-corrected chi connectivity index (χ4v) is 2.66. The van der Waals surface area contributed by atoms with E-state index in [0.29, 0.717) is 25.5 Å². The minimum absolute atomic E-state index is 0.342. The Kier molecular flexibility index (Phi) is 4.61. The Balaban J connectivity index is 2.24. The van der Waals surface area contributed by atoms with Crippen LogP contribution in [0.25, 0.3) is 0 Å². The summed E-state index contributed by atoms with van der Waals surface area (Å²) in [7, 11) is 0. The van der Waals surface area contributed by atoms with Gasteiger partial charge >= 0.3 is 5.97 Å². The molecule has 1 aliphatic carbocycles. The van der Waals surface area contributed by atoms with Crippen LogP contribution in [0, 0.1) is 0 Å². The van der Waals surface area contributed by atoms with Crippen LogP contribution >= 0.6 is 0 Å². The largest absolute Gasteiger partial charge is 0.477 e. The Labute approximate surface area is 113 Å². The van der Waals surface area contributed by atoms with E-state index in [4.69, 9.17) is 9.47 Å². The van der Waals surface area contributed by atoms with Gasteiger partial charge in [-0.25, -0.2) is 4.79 Å². The maximum absolute atomic E-state index is 11.3. The van der Waals surface area contributed by atoms with Gasteiger partial charge in [0.15, 0.2) is 6.29 Å². The van der Waals surface area contributed by atoms with Gasteiger partial charge in [0, 0.05) is 18.9 Å². The molecular weight excluding hydrogens is 246 g/mol. The summed E-state index contributed by atoms with van der Waals surface area (Å²) in [6.45, 7) is 5.36. The lowest BCUT2D eigenvalue weighted by atomic mass is 10.2. The van der Waals surface area contributed by atoms with Crippen LogP contribution in [0.3, 0.4) is 0 Å². The molecule has 5 heteroatoms. The molecule has 0 amide bonds. The summed E-state index contributed by atoms with van der Waals surface area (Å²) in [5.41, 5.74) is 2.63. The number of nitrogens with zero attached hydrogens (tertiary/aromatic N) is 1. The molecule has 19 heavy (non-hydrogen) atoms. The Hall–Kier alpha value is -1.33. The molecule has 0 spiro atoms. The summed E-state index contributed by atoms with van der Waals surface area (Å²) in [4.78, 5) is 11.3. The van der Waals surface area contributed by atoms with Crippen molar-refractivity contribution in [3.05, 3.63) is 23.0 Å². The minimum Gasteiger partial charge on any atom is -0.477 e. The molecular formula is C14H21NO4. The molecule has 0 aromatic carbocycles. The third-order valence-corrected chi connectivity index (χ3v) is 3.41. The number of hydrogen-bond donors (Lipinski definition) is 1. The van der Waals surface area contributed by atoms with Crippen molar-refractivity contribution < 1.29 is 19.4 Å². The van der Waals surface area contributed by atoms with Gasteiger partial charge in [0.2, 0.25) is 0 Å². The molecule has 0 atom stereocenters. The van der Waals surface area contributed by atoms with Crippen molar-refractivity contribution in [1.29, 1.82) is 0 Å². The fraction of sp³-hybridized carbons (Fsp3) is 0.643. The van der Waals surface area contributed by atoms with Gasteiger partial charge in [0.05, 0.1) is 6.54 Å². The standard InChI is InChI=1S/C14H21NO4/c1-3-18-13(19-4-2)9-15-11-7-5-6-10(11)8-12(15)14(16)17/h8,13H,3-7,9H2,1-2H3,(H,16,17). The highest BCUT2D eigenvalue weighted by Gasteiger charge is 2.24. The minimum atomic E-state index is -0.888. The number of aryl methyl sites for hydroxylation is 1. The van der Waals surface area contributed by atoms with E-state index in [0.717, 1.165) is 30.5 Å². The smallest absolute Gasteiger partial charge is 0.352 e. The van der Waals surface area contributed by atoms with Crippen LogP contribution < -0.4 is 0 Å². The lowest BCUT2D eigenvalue weighted by Crippen LogP contribution is -2.26. The Morgan fingerprint density at radius 2 is 2.05 bits per heavy atom. The zero-order valence-electron chi connectivity index (χ0n) is 11.5. The first-order valence-electron chi connectivity index (χ1n) is 6.85. The first kappa shape index (κ1) is 14.1. The van der Waals surface area contributed by atoms with Crippen LogP contribution in [-0.4, -0.2) is 35.1 Å². The van der Waals surface area contributed by atoms with E-state index in [1.165, 1.54) is 0 Å². The van der Waals surface area contributed by atoms with Crippen LogP contribution in [0.2, 0.25) is 0 Å². The number of ether oxygens (including phenoxy) is 2. The third kappa shape index (κ3) is 2.98. The SMILES string of the molecule is CCOC(Cn1c(C(=O)O)cc2c1CCC2)OCC. The van der Waals surface area contributed by atoms with Gasteiger partial charge in [-0.2, -0.15) is 0 Å². The maximum atomic E-state index is 11.3. The van der Waals surface area contributed by atoms with Crippen molar-refractivity contribution in [2.24, 2.45) is 0 Å². The molecule has 2 rings (SSSR count).